The first-order valence-electron chi connectivity index (χ1n) is 17.4. The number of carbonyl (C=O) groups is 5. The second-order valence-corrected chi connectivity index (χ2v) is 12.7. The molecule has 1 aliphatic heterocycles. The molecular formula is C33H56BN9O7. The Kier molecular flexibility index (Phi) is 18.9. The summed E-state index contributed by atoms with van der Waals surface area (Å²) in [6, 6.07) is 5.10. The normalized spacial score (nSPS) is 15.5. The van der Waals surface area contributed by atoms with Crippen LogP contribution in [-0.2, 0) is 25.7 Å². The molecule has 0 bridgehead atoms. The third-order valence-electron chi connectivity index (χ3n) is 8.37. The SMILES string of the molecule is C[C@@H](NC(=O)c1ccc(CNC(=O)CCCCNC(=O)[C@H](CCCN=C(N)N(C)C)NC(=O)CCCCN)cc1)C(=O)N1CCC[C@H]1B(O)O. The van der Waals surface area contributed by atoms with Gasteiger partial charge < -0.3 is 52.6 Å². The van der Waals surface area contributed by atoms with Gasteiger partial charge in [-0.25, -0.2) is 0 Å². The van der Waals surface area contributed by atoms with E-state index in [1.807, 2.05) is 0 Å². The highest BCUT2D eigenvalue weighted by atomic mass is 16.4. The van der Waals surface area contributed by atoms with Crippen molar-refractivity contribution >= 4 is 42.6 Å². The van der Waals surface area contributed by atoms with E-state index in [9.17, 15) is 34.0 Å². The fourth-order valence-electron chi connectivity index (χ4n) is 5.37. The number of nitrogens with zero attached hydrogens (tertiary/aromatic N) is 3. The molecule has 0 aromatic heterocycles. The monoisotopic (exact) mass is 701 g/mol. The van der Waals surface area contributed by atoms with Gasteiger partial charge in [0.15, 0.2) is 5.96 Å². The van der Waals surface area contributed by atoms with E-state index in [1.165, 1.54) is 4.90 Å². The Balaban J connectivity index is 1.72. The van der Waals surface area contributed by atoms with Gasteiger partial charge in [-0.1, -0.05) is 12.1 Å². The van der Waals surface area contributed by atoms with E-state index in [2.05, 4.69) is 26.3 Å². The molecule has 0 spiro atoms. The number of carbonyl (C=O) groups excluding carboxylic acids is 5. The van der Waals surface area contributed by atoms with E-state index in [1.54, 1.807) is 50.2 Å². The first kappa shape index (κ1) is 42.0. The maximum Gasteiger partial charge on any atom is 0.475 e. The number of aliphatic imine (C=N–C) groups is 1. The number of rotatable bonds is 21. The average molecular weight is 702 g/mol. The molecule has 2 rings (SSSR count). The molecule has 0 unspecified atom stereocenters. The quantitative estimate of drug-likeness (QED) is 0.0336. The molecule has 1 heterocycles. The standard InChI is InChI=1S/C33H56BN9O7/c1-23(32(48)43-21-9-11-27(43)34(49)50)40-30(46)25-16-14-24(15-17-25)22-39-28(44)12-5-7-19-37-31(47)26(41-29(45)13-4-6-18-35)10-8-20-38-33(36)42(2)3/h14-17,23,26-27,49-50H,4-13,18-22,35H2,1-3H3,(H2,36,38)(H,37,47)(H,39,44)(H,40,46)(H,41,45)/t23-,26+,27+/m1/s1. The molecule has 0 saturated carbocycles. The molecule has 16 nitrogen and oxygen atoms in total. The Labute approximate surface area is 295 Å². The van der Waals surface area contributed by atoms with Crippen LogP contribution >= 0.6 is 0 Å². The molecule has 1 aromatic carbocycles. The zero-order valence-corrected chi connectivity index (χ0v) is 29.7. The third kappa shape index (κ3) is 15.1. The summed E-state index contributed by atoms with van der Waals surface area (Å²) < 4.78 is 0. The molecule has 0 aliphatic carbocycles. The summed E-state index contributed by atoms with van der Waals surface area (Å²) in [5, 5.41) is 30.2. The van der Waals surface area contributed by atoms with Gasteiger partial charge in [0, 0.05) is 58.7 Å². The predicted octanol–water partition coefficient (Wildman–Crippen LogP) is -1.02. The van der Waals surface area contributed by atoms with Crippen LogP contribution in [0.25, 0.3) is 0 Å². The number of hydrogen-bond donors (Lipinski definition) is 8. The smallest absolute Gasteiger partial charge is 0.426 e. The lowest BCUT2D eigenvalue weighted by Gasteiger charge is -2.27. The molecule has 1 aromatic rings. The lowest BCUT2D eigenvalue weighted by molar-refractivity contribution is -0.132. The second-order valence-electron chi connectivity index (χ2n) is 12.7. The number of nitrogens with two attached hydrogens (primary N) is 2. The van der Waals surface area contributed by atoms with Crippen LogP contribution in [-0.4, -0.2) is 121 Å². The summed E-state index contributed by atoms with van der Waals surface area (Å²) in [6.07, 6.45) is 5.17. The van der Waals surface area contributed by atoms with Crippen molar-refractivity contribution in [1.29, 1.82) is 0 Å². The lowest BCUT2D eigenvalue weighted by Crippen LogP contribution is -2.52. The van der Waals surface area contributed by atoms with Crippen LogP contribution < -0.4 is 32.7 Å². The number of hydrogen-bond acceptors (Lipinski definition) is 9. The molecule has 1 saturated heterocycles. The van der Waals surface area contributed by atoms with Crippen molar-refractivity contribution in [2.24, 2.45) is 16.5 Å². The van der Waals surface area contributed by atoms with Gasteiger partial charge >= 0.3 is 7.12 Å². The van der Waals surface area contributed by atoms with E-state index in [0.717, 1.165) is 12.0 Å². The van der Waals surface area contributed by atoms with Crippen molar-refractivity contribution in [3.8, 4) is 0 Å². The number of nitrogens with one attached hydrogen (secondary N) is 4. The van der Waals surface area contributed by atoms with E-state index >= 15 is 0 Å². The Morgan fingerprint density at radius 1 is 0.980 bits per heavy atom. The molecular weight excluding hydrogens is 645 g/mol. The zero-order valence-electron chi connectivity index (χ0n) is 29.7. The summed E-state index contributed by atoms with van der Waals surface area (Å²) in [6.45, 7) is 3.51. The first-order chi connectivity index (χ1) is 23.8. The summed E-state index contributed by atoms with van der Waals surface area (Å²) in [5.74, 6) is -1.75. The maximum atomic E-state index is 12.9. The van der Waals surface area contributed by atoms with E-state index in [0.29, 0.717) is 89.1 Å². The molecule has 17 heteroatoms. The van der Waals surface area contributed by atoms with Crippen molar-refractivity contribution in [2.75, 3.05) is 40.3 Å². The number of amides is 5. The Bertz CT molecular complexity index is 1280. The molecule has 0 radical (unpaired) electrons. The van der Waals surface area contributed by atoms with Gasteiger partial charge in [-0.15, -0.1) is 0 Å². The topological polar surface area (TPSA) is 245 Å². The summed E-state index contributed by atoms with van der Waals surface area (Å²) in [5.41, 5.74) is 12.5. The van der Waals surface area contributed by atoms with E-state index in [-0.39, 0.29) is 36.6 Å². The molecule has 50 heavy (non-hydrogen) atoms. The Morgan fingerprint density at radius 2 is 1.66 bits per heavy atom. The largest absolute Gasteiger partial charge is 0.475 e. The van der Waals surface area contributed by atoms with Crippen molar-refractivity contribution in [3.63, 3.8) is 0 Å². The van der Waals surface area contributed by atoms with Crippen LogP contribution in [0.15, 0.2) is 29.3 Å². The van der Waals surface area contributed by atoms with Crippen LogP contribution in [0.5, 0.6) is 0 Å². The Morgan fingerprint density at radius 3 is 2.32 bits per heavy atom. The van der Waals surface area contributed by atoms with E-state index < -0.39 is 31.1 Å². The predicted molar refractivity (Wildman–Crippen MR) is 191 cm³/mol. The fourth-order valence-corrected chi connectivity index (χ4v) is 5.37. The van der Waals surface area contributed by atoms with Gasteiger partial charge in [0.2, 0.25) is 23.6 Å². The molecule has 5 amide bonds. The minimum Gasteiger partial charge on any atom is -0.426 e. The molecule has 3 atom stereocenters. The third-order valence-corrected chi connectivity index (χ3v) is 8.37. The second kappa shape index (κ2) is 22.5. The molecule has 10 N–H and O–H groups in total. The maximum absolute atomic E-state index is 12.9. The number of unbranched alkanes of at least 4 members (excludes halogenated alkanes) is 2. The Hall–Kier alpha value is -4.22. The highest BCUT2D eigenvalue weighted by molar-refractivity contribution is 6.43. The molecule has 278 valence electrons. The lowest BCUT2D eigenvalue weighted by atomic mass is 9.78. The number of benzene rings is 1. The van der Waals surface area contributed by atoms with Gasteiger partial charge in [0.25, 0.3) is 5.91 Å². The van der Waals surface area contributed by atoms with Crippen LogP contribution in [0.2, 0.25) is 0 Å². The van der Waals surface area contributed by atoms with Gasteiger partial charge in [0.05, 0.1) is 5.94 Å². The van der Waals surface area contributed by atoms with Gasteiger partial charge in [0.1, 0.15) is 12.1 Å². The summed E-state index contributed by atoms with van der Waals surface area (Å²) >= 11 is 0. The summed E-state index contributed by atoms with van der Waals surface area (Å²) in [7, 11) is 1.95. The van der Waals surface area contributed by atoms with Gasteiger partial charge in [-0.05, 0) is 82.5 Å². The van der Waals surface area contributed by atoms with Gasteiger partial charge in [-0.3, -0.25) is 29.0 Å². The number of guanidine groups is 1. The number of likely N-dealkylation sites (tertiary alicyclic amines) is 1. The zero-order chi connectivity index (χ0) is 37.1. The fraction of sp³-hybridized carbons (Fsp3) is 0.636. The first-order valence-corrected chi connectivity index (χ1v) is 17.4. The van der Waals surface area contributed by atoms with Crippen LogP contribution in [0, 0.1) is 0 Å². The van der Waals surface area contributed by atoms with E-state index in [4.69, 9.17) is 11.5 Å². The summed E-state index contributed by atoms with van der Waals surface area (Å²) in [4.78, 5) is 70.5. The highest BCUT2D eigenvalue weighted by Crippen LogP contribution is 2.19. The van der Waals surface area contributed by atoms with Crippen LogP contribution in [0.1, 0.15) is 87.1 Å². The average Bonchev–Trinajstić information content (AvgIpc) is 3.59. The van der Waals surface area contributed by atoms with Crippen molar-refractivity contribution in [1.82, 2.24) is 31.1 Å². The molecule has 1 fully saturated rings. The minimum absolute atomic E-state index is 0.154. The van der Waals surface area contributed by atoms with Crippen molar-refractivity contribution in [2.45, 2.75) is 95.7 Å². The minimum atomic E-state index is -1.63. The van der Waals surface area contributed by atoms with Gasteiger partial charge in [-0.2, -0.15) is 0 Å². The van der Waals surface area contributed by atoms with Crippen LogP contribution in [0.4, 0.5) is 0 Å². The molecule has 1 aliphatic rings. The highest BCUT2D eigenvalue weighted by Gasteiger charge is 2.38. The van der Waals surface area contributed by atoms with Crippen LogP contribution in [0.3, 0.4) is 0 Å². The van der Waals surface area contributed by atoms with Crippen molar-refractivity contribution in [3.05, 3.63) is 35.4 Å². The van der Waals surface area contributed by atoms with Crippen molar-refractivity contribution < 1.29 is 34.0 Å².